The van der Waals surface area contributed by atoms with E-state index in [1.807, 2.05) is 0 Å². The number of aromatic nitrogens is 1. The van der Waals surface area contributed by atoms with E-state index in [-0.39, 0.29) is 34.7 Å². The Morgan fingerprint density at radius 2 is 1.71 bits per heavy atom. The van der Waals surface area contributed by atoms with Crippen LogP contribution in [0.4, 0.5) is 5.69 Å². The Morgan fingerprint density at radius 3 is 2.33 bits per heavy atom. The number of carbonyl (C=O) groups is 1. The zero-order valence-electron chi connectivity index (χ0n) is 25.2. The predicted molar refractivity (Wildman–Crippen MR) is 167 cm³/mol. The minimum absolute atomic E-state index is 0.0327. The molecular weight excluding hydrogens is 565 g/mol. The first kappa shape index (κ1) is 29.4. The number of benzene rings is 1. The molecule has 0 unspecified atom stereocenters. The summed E-state index contributed by atoms with van der Waals surface area (Å²) < 4.78 is 30.7. The molecule has 6 rings (SSSR count). The van der Waals surface area contributed by atoms with Crippen LogP contribution in [0, 0.1) is 17.2 Å². The Balaban J connectivity index is 1.34. The van der Waals surface area contributed by atoms with E-state index in [1.54, 1.807) is 0 Å². The highest BCUT2D eigenvalue weighted by Gasteiger charge is 2.48. The second kappa shape index (κ2) is 10.8. The number of sulfone groups is 1. The molecule has 1 aromatic heterocycles. The Labute approximate surface area is 251 Å². The summed E-state index contributed by atoms with van der Waals surface area (Å²) >= 11 is 0. The molecule has 3 heterocycles. The average molecular weight is 609 g/mol. The van der Waals surface area contributed by atoms with E-state index >= 15 is 0 Å². The van der Waals surface area contributed by atoms with Crippen LogP contribution in [-0.4, -0.2) is 57.5 Å². The summed E-state index contributed by atoms with van der Waals surface area (Å²) in [5.74, 6) is 1.60. The van der Waals surface area contributed by atoms with E-state index in [4.69, 9.17) is 9.40 Å². The maximum absolute atomic E-state index is 13.6. The SMILES string of the molecule is CC1(c2nc(-c3ccc(N4CCS(=O)(=O)CC4)cc3)c([C@@H]3CCCC[C@H]3C(=O)NC3(C#N)CC3)o2)CC[Si](C)(C)CC1. The molecule has 2 aliphatic carbocycles. The van der Waals surface area contributed by atoms with Gasteiger partial charge >= 0.3 is 0 Å². The van der Waals surface area contributed by atoms with Crippen molar-refractivity contribution >= 4 is 29.5 Å². The smallest absolute Gasteiger partial charge is 0.225 e. The van der Waals surface area contributed by atoms with E-state index in [0.717, 1.165) is 80.0 Å². The third-order valence-corrected chi connectivity index (χ3v) is 15.3. The summed E-state index contributed by atoms with van der Waals surface area (Å²) in [6.07, 6.45) is 7.24. The van der Waals surface area contributed by atoms with Crippen LogP contribution in [0.1, 0.15) is 75.9 Å². The van der Waals surface area contributed by atoms with Crippen LogP contribution in [-0.2, 0) is 20.0 Å². The van der Waals surface area contributed by atoms with Gasteiger partial charge in [-0.2, -0.15) is 5.26 Å². The molecule has 0 spiro atoms. The molecular formula is C32H44N4O4SSi. The topological polar surface area (TPSA) is 116 Å². The van der Waals surface area contributed by atoms with Crippen LogP contribution >= 0.6 is 0 Å². The minimum Gasteiger partial charge on any atom is -0.444 e. The van der Waals surface area contributed by atoms with Gasteiger partial charge in [0.05, 0.1) is 17.6 Å². The van der Waals surface area contributed by atoms with Crippen molar-refractivity contribution in [2.75, 3.05) is 29.5 Å². The minimum atomic E-state index is -2.95. The van der Waals surface area contributed by atoms with Gasteiger partial charge in [-0.25, -0.2) is 13.4 Å². The molecule has 226 valence electrons. The Bertz CT molecular complexity index is 1470. The van der Waals surface area contributed by atoms with Crippen LogP contribution < -0.4 is 10.2 Å². The lowest BCUT2D eigenvalue weighted by molar-refractivity contribution is -0.127. The van der Waals surface area contributed by atoms with Gasteiger partial charge in [-0.3, -0.25) is 4.79 Å². The van der Waals surface area contributed by atoms with Crippen molar-refractivity contribution in [1.82, 2.24) is 10.3 Å². The maximum Gasteiger partial charge on any atom is 0.225 e. The first-order valence-corrected chi connectivity index (χ1v) is 21.0. The van der Waals surface area contributed by atoms with E-state index in [0.29, 0.717) is 13.1 Å². The molecule has 1 aromatic carbocycles. The molecule has 8 nitrogen and oxygen atoms in total. The summed E-state index contributed by atoms with van der Waals surface area (Å²) in [4.78, 5) is 20.9. The van der Waals surface area contributed by atoms with Gasteiger partial charge in [0.15, 0.2) is 9.84 Å². The van der Waals surface area contributed by atoms with Gasteiger partial charge in [0, 0.05) is 49.7 Å². The fourth-order valence-corrected chi connectivity index (χ4v) is 10.9. The number of hydrogen-bond acceptors (Lipinski definition) is 7. The van der Waals surface area contributed by atoms with Crippen molar-refractivity contribution in [3.05, 3.63) is 35.9 Å². The summed E-state index contributed by atoms with van der Waals surface area (Å²) in [5.41, 5.74) is 1.98. The number of oxazole rings is 1. The molecule has 2 saturated carbocycles. The number of carbonyl (C=O) groups excluding carboxylic acids is 1. The molecule has 1 N–H and O–H groups in total. The third-order valence-electron chi connectivity index (χ3n) is 10.5. The number of hydrogen-bond donors (Lipinski definition) is 1. The summed E-state index contributed by atoms with van der Waals surface area (Å²) in [7, 11) is -4.13. The molecule has 1 amide bonds. The molecule has 2 aromatic rings. The van der Waals surface area contributed by atoms with Gasteiger partial charge < -0.3 is 14.6 Å². The first-order chi connectivity index (χ1) is 19.9. The van der Waals surface area contributed by atoms with Crippen molar-refractivity contribution < 1.29 is 17.6 Å². The number of amides is 1. The van der Waals surface area contributed by atoms with Crippen molar-refractivity contribution in [3.63, 3.8) is 0 Å². The van der Waals surface area contributed by atoms with Gasteiger partial charge in [0.1, 0.15) is 17.0 Å². The van der Waals surface area contributed by atoms with Crippen molar-refractivity contribution in [2.24, 2.45) is 5.92 Å². The summed E-state index contributed by atoms with van der Waals surface area (Å²) in [6.45, 7) is 8.23. The van der Waals surface area contributed by atoms with Gasteiger partial charge in [0.25, 0.3) is 0 Å². The molecule has 10 heteroatoms. The molecule has 2 saturated heterocycles. The molecule has 4 aliphatic rings. The number of anilines is 1. The second-order valence-corrected chi connectivity index (χ2v) is 22.0. The van der Waals surface area contributed by atoms with Gasteiger partial charge in [0.2, 0.25) is 11.8 Å². The van der Waals surface area contributed by atoms with E-state index in [9.17, 15) is 18.5 Å². The quantitative estimate of drug-likeness (QED) is 0.413. The van der Waals surface area contributed by atoms with E-state index < -0.39 is 23.5 Å². The van der Waals surface area contributed by atoms with E-state index in [1.165, 1.54) is 12.1 Å². The highest BCUT2D eigenvalue weighted by atomic mass is 32.2. The van der Waals surface area contributed by atoms with Gasteiger partial charge in [-0.15, -0.1) is 0 Å². The standard InChI is InChI=1S/C32H44N4O4SSi/c1-31(14-20-42(2,3)21-15-31)30-34-27(23-8-10-24(11-9-23)36-16-18-41(38,39)19-17-36)28(40-30)25-6-4-5-7-26(25)29(37)35-32(22-33)12-13-32/h8-11,25-26H,4-7,12-21H2,1-3H3,(H,35,37)/t25-,26-/m1/s1. The zero-order chi connectivity index (χ0) is 29.8. The second-order valence-electron chi connectivity index (χ2n) is 14.3. The van der Waals surface area contributed by atoms with Gasteiger partial charge in [-0.1, -0.05) is 57.1 Å². The maximum atomic E-state index is 13.6. The normalized spacial score (nSPS) is 27.5. The van der Waals surface area contributed by atoms with E-state index in [2.05, 4.69) is 60.6 Å². The van der Waals surface area contributed by atoms with Crippen molar-refractivity contribution in [1.29, 1.82) is 5.26 Å². The summed E-state index contributed by atoms with van der Waals surface area (Å²) in [6, 6.07) is 13.0. The zero-order valence-corrected chi connectivity index (χ0v) is 27.1. The number of nitriles is 1. The Kier molecular flexibility index (Phi) is 7.58. The average Bonchev–Trinajstić information content (AvgIpc) is 3.60. The molecule has 0 radical (unpaired) electrons. The number of nitrogens with one attached hydrogen (secondary N) is 1. The van der Waals surface area contributed by atoms with Crippen LogP contribution in [0.25, 0.3) is 11.3 Å². The van der Waals surface area contributed by atoms with Crippen LogP contribution in [0.2, 0.25) is 25.2 Å². The predicted octanol–water partition coefficient (Wildman–Crippen LogP) is 5.78. The molecule has 42 heavy (non-hydrogen) atoms. The van der Waals surface area contributed by atoms with Crippen molar-refractivity contribution in [2.45, 2.75) is 100 Å². The highest BCUT2D eigenvalue weighted by Crippen LogP contribution is 2.48. The highest BCUT2D eigenvalue weighted by molar-refractivity contribution is 7.91. The van der Waals surface area contributed by atoms with Crippen LogP contribution in [0.15, 0.2) is 28.7 Å². The number of rotatable bonds is 6. The third kappa shape index (κ3) is 5.92. The molecule has 2 aliphatic heterocycles. The first-order valence-electron chi connectivity index (χ1n) is 15.7. The lowest BCUT2D eigenvalue weighted by Crippen LogP contribution is -2.42. The molecule has 4 fully saturated rings. The largest absolute Gasteiger partial charge is 0.444 e. The molecule has 2 atom stereocenters. The van der Waals surface area contributed by atoms with Gasteiger partial charge in [-0.05, 0) is 50.7 Å². The van der Waals surface area contributed by atoms with Crippen LogP contribution in [0.5, 0.6) is 0 Å². The Hall–Kier alpha value is -2.64. The fourth-order valence-electron chi connectivity index (χ4n) is 7.02. The van der Waals surface area contributed by atoms with Crippen LogP contribution in [0.3, 0.4) is 0 Å². The fraction of sp³-hybridized carbons (Fsp3) is 0.656. The van der Waals surface area contributed by atoms with Crippen molar-refractivity contribution in [3.8, 4) is 17.3 Å². The Morgan fingerprint density at radius 1 is 1.07 bits per heavy atom. The lowest BCUT2D eigenvalue weighted by atomic mass is 9.76. The lowest BCUT2D eigenvalue weighted by Gasteiger charge is -2.38. The molecule has 0 bridgehead atoms. The monoisotopic (exact) mass is 608 g/mol. The summed E-state index contributed by atoms with van der Waals surface area (Å²) in [5, 5.41) is 12.7. The number of nitrogens with zero attached hydrogens (tertiary/aromatic N) is 3.